The summed E-state index contributed by atoms with van der Waals surface area (Å²) in [5.41, 5.74) is 0.596. The third-order valence-corrected chi connectivity index (χ3v) is 6.21. The molecule has 8 heteroatoms. The standard InChI is InChI=1S/C22H21ClN2O5/c1-12(21(29)30)24-20(28)17-18(26)16-9-8-15(13-4-6-14(23)7-5-13)25(16)22(19(17)27)10-2-3-11-22/h4-9,12,26H,2-3,10-11H2,1H3,(H,24,28)(H,29,30). The van der Waals surface area contributed by atoms with Crippen LogP contribution < -0.4 is 5.32 Å². The van der Waals surface area contributed by atoms with Crippen LogP contribution in [0.2, 0.25) is 5.02 Å². The first kappa shape index (κ1) is 20.2. The van der Waals surface area contributed by atoms with Crippen molar-refractivity contribution in [2.45, 2.75) is 44.2 Å². The molecule has 3 N–H and O–H groups in total. The van der Waals surface area contributed by atoms with Gasteiger partial charge in [0.05, 0.1) is 5.69 Å². The van der Waals surface area contributed by atoms with Crippen molar-refractivity contribution in [1.82, 2.24) is 9.88 Å². The van der Waals surface area contributed by atoms with Gasteiger partial charge in [-0.1, -0.05) is 36.6 Å². The first-order valence-corrected chi connectivity index (χ1v) is 10.1. The lowest BCUT2D eigenvalue weighted by molar-refractivity contribution is -0.141. The molecule has 0 radical (unpaired) electrons. The molecule has 30 heavy (non-hydrogen) atoms. The van der Waals surface area contributed by atoms with Gasteiger partial charge >= 0.3 is 5.97 Å². The summed E-state index contributed by atoms with van der Waals surface area (Å²) in [6, 6.07) is 9.49. The van der Waals surface area contributed by atoms with Crippen molar-refractivity contribution in [1.29, 1.82) is 0 Å². The molecule has 4 rings (SSSR count). The third kappa shape index (κ3) is 3.01. The number of ketones is 1. The van der Waals surface area contributed by atoms with Crippen molar-refractivity contribution < 1.29 is 24.6 Å². The molecule has 1 unspecified atom stereocenters. The summed E-state index contributed by atoms with van der Waals surface area (Å²) < 4.78 is 1.83. The number of benzene rings is 1. The number of aromatic nitrogens is 1. The summed E-state index contributed by atoms with van der Waals surface area (Å²) in [4.78, 5) is 37.5. The van der Waals surface area contributed by atoms with Crippen LogP contribution in [0.4, 0.5) is 0 Å². The lowest BCUT2D eigenvalue weighted by Crippen LogP contribution is -2.49. The molecule has 2 heterocycles. The van der Waals surface area contributed by atoms with Crippen molar-refractivity contribution in [3.05, 3.63) is 52.7 Å². The van der Waals surface area contributed by atoms with Crippen molar-refractivity contribution in [2.24, 2.45) is 0 Å². The molecule has 7 nitrogen and oxygen atoms in total. The van der Waals surface area contributed by atoms with Crippen LogP contribution in [0.3, 0.4) is 0 Å². The Kier molecular flexibility index (Phi) is 4.94. The first-order chi connectivity index (χ1) is 14.3. The minimum atomic E-state index is -1.23. The average molecular weight is 429 g/mol. The van der Waals surface area contributed by atoms with Gasteiger partial charge in [0.1, 0.15) is 17.2 Å². The van der Waals surface area contributed by atoms with Crippen molar-refractivity contribution in [3.63, 3.8) is 0 Å². The number of carbonyl (C=O) groups is 3. The molecule has 1 aliphatic carbocycles. The van der Waals surface area contributed by atoms with E-state index < -0.39 is 35.0 Å². The normalized spacial score (nSPS) is 18.4. The van der Waals surface area contributed by atoms with Gasteiger partial charge in [0, 0.05) is 10.7 Å². The van der Waals surface area contributed by atoms with Gasteiger partial charge in [-0.15, -0.1) is 0 Å². The Hall–Kier alpha value is -3.06. The highest BCUT2D eigenvalue weighted by molar-refractivity contribution is 6.30. The van der Waals surface area contributed by atoms with Gasteiger partial charge in [-0.05, 0) is 49.6 Å². The van der Waals surface area contributed by atoms with Crippen LogP contribution in [0.5, 0.6) is 0 Å². The van der Waals surface area contributed by atoms with Crippen LogP contribution in [0.25, 0.3) is 17.0 Å². The summed E-state index contributed by atoms with van der Waals surface area (Å²) in [5, 5.41) is 22.8. The average Bonchev–Trinajstić information content (AvgIpc) is 3.35. The number of carboxylic acid groups (broad SMARTS) is 1. The molecule has 1 aromatic heterocycles. The van der Waals surface area contributed by atoms with E-state index in [9.17, 15) is 19.5 Å². The van der Waals surface area contributed by atoms with Gasteiger partial charge in [-0.25, -0.2) is 0 Å². The Bertz CT molecular complexity index is 1080. The highest BCUT2D eigenvalue weighted by Crippen LogP contribution is 2.48. The second kappa shape index (κ2) is 7.32. The monoisotopic (exact) mass is 428 g/mol. The number of hydrogen-bond acceptors (Lipinski definition) is 4. The molecule has 0 bridgehead atoms. The molecule has 1 atom stereocenters. The fourth-order valence-corrected chi connectivity index (χ4v) is 4.58. The molecule has 1 fully saturated rings. The zero-order chi connectivity index (χ0) is 21.6. The molecular weight excluding hydrogens is 408 g/mol. The highest BCUT2D eigenvalue weighted by atomic mass is 35.5. The molecule has 1 spiro atoms. The number of halogens is 1. The molecule has 1 amide bonds. The molecule has 2 aliphatic rings. The number of Topliss-reactive ketones (excluding diaryl/α,β-unsaturated/α-hetero) is 1. The van der Waals surface area contributed by atoms with Crippen molar-refractivity contribution in [2.75, 3.05) is 0 Å². The first-order valence-electron chi connectivity index (χ1n) is 9.76. The predicted octanol–water partition coefficient (Wildman–Crippen LogP) is 3.52. The predicted molar refractivity (Wildman–Crippen MR) is 111 cm³/mol. The fraction of sp³-hybridized carbons (Fsp3) is 0.318. The van der Waals surface area contributed by atoms with E-state index in [4.69, 9.17) is 16.7 Å². The van der Waals surface area contributed by atoms with E-state index in [1.807, 2.05) is 22.8 Å². The topological polar surface area (TPSA) is 109 Å². The van der Waals surface area contributed by atoms with E-state index in [1.165, 1.54) is 6.92 Å². The van der Waals surface area contributed by atoms with Gasteiger partial charge in [0.25, 0.3) is 5.91 Å². The maximum Gasteiger partial charge on any atom is 0.325 e. The molecule has 1 saturated carbocycles. The van der Waals surface area contributed by atoms with E-state index >= 15 is 0 Å². The Morgan fingerprint density at radius 2 is 1.70 bits per heavy atom. The minimum absolute atomic E-state index is 0.370. The Labute approximate surface area is 178 Å². The van der Waals surface area contributed by atoms with Gasteiger partial charge in [-0.3, -0.25) is 14.4 Å². The summed E-state index contributed by atoms with van der Waals surface area (Å²) in [6.07, 6.45) is 2.69. The van der Waals surface area contributed by atoms with E-state index in [1.54, 1.807) is 18.2 Å². The molecular formula is C22H21ClN2O5. The zero-order valence-corrected chi connectivity index (χ0v) is 17.1. The lowest BCUT2D eigenvalue weighted by Gasteiger charge is -2.37. The number of nitrogens with zero attached hydrogens (tertiary/aromatic N) is 1. The number of amides is 1. The second-order valence-electron chi connectivity index (χ2n) is 7.77. The highest BCUT2D eigenvalue weighted by Gasteiger charge is 2.51. The van der Waals surface area contributed by atoms with Crippen LogP contribution >= 0.6 is 11.6 Å². The SMILES string of the molecule is CC(NC(=O)C1=C(O)c2ccc(-c3ccc(Cl)cc3)n2C2(CCCC2)C1=O)C(=O)O. The Morgan fingerprint density at radius 1 is 1.10 bits per heavy atom. The maximum atomic E-state index is 13.6. The molecule has 1 aromatic carbocycles. The molecule has 0 saturated heterocycles. The molecule has 1 aliphatic heterocycles. The summed E-state index contributed by atoms with van der Waals surface area (Å²) in [6.45, 7) is 1.30. The van der Waals surface area contributed by atoms with E-state index in [2.05, 4.69) is 5.32 Å². The molecule has 156 valence electrons. The lowest BCUT2D eigenvalue weighted by atomic mass is 9.82. The van der Waals surface area contributed by atoms with Gasteiger partial charge in [0.2, 0.25) is 0 Å². The summed E-state index contributed by atoms with van der Waals surface area (Å²) in [5.74, 6) is -3.02. The number of carboxylic acids is 1. The van der Waals surface area contributed by atoms with E-state index in [0.717, 1.165) is 24.1 Å². The number of aliphatic carboxylic acids is 1. The van der Waals surface area contributed by atoms with E-state index in [-0.39, 0.29) is 5.57 Å². The second-order valence-corrected chi connectivity index (χ2v) is 8.21. The zero-order valence-electron chi connectivity index (χ0n) is 16.3. The number of aliphatic hydroxyl groups excluding tert-OH is 1. The van der Waals surface area contributed by atoms with E-state index in [0.29, 0.717) is 23.6 Å². The van der Waals surface area contributed by atoms with Crippen LogP contribution in [-0.4, -0.2) is 38.5 Å². The number of nitrogens with one attached hydrogen (secondary N) is 1. The van der Waals surface area contributed by atoms with Crippen molar-refractivity contribution >= 4 is 35.0 Å². The Balaban J connectivity index is 1.88. The van der Waals surface area contributed by atoms with Crippen LogP contribution in [0.1, 0.15) is 38.3 Å². The number of aliphatic hydroxyl groups is 1. The largest absolute Gasteiger partial charge is 0.505 e. The van der Waals surface area contributed by atoms with Crippen molar-refractivity contribution in [3.8, 4) is 11.3 Å². The number of hydrogen-bond donors (Lipinski definition) is 3. The number of rotatable bonds is 4. The van der Waals surface area contributed by atoms with Crippen LogP contribution in [0.15, 0.2) is 42.0 Å². The summed E-state index contributed by atoms with van der Waals surface area (Å²) >= 11 is 6.01. The third-order valence-electron chi connectivity index (χ3n) is 5.95. The quantitative estimate of drug-likeness (QED) is 0.645. The minimum Gasteiger partial charge on any atom is -0.505 e. The van der Waals surface area contributed by atoms with Crippen LogP contribution in [0, 0.1) is 0 Å². The number of carbonyl (C=O) groups excluding carboxylic acids is 2. The van der Waals surface area contributed by atoms with Crippen LogP contribution in [-0.2, 0) is 19.9 Å². The van der Waals surface area contributed by atoms with Gasteiger partial charge in [-0.2, -0.15) is 0 Å². The number of fused-ring (bicyclic) bond motifs is 2. The smallest absolute Gasteiger partial charge is 0.325 e. The summed E-state index contributed by atoms with van der Waals surface area (Å²) in [7, 11) is 0. The maximum absolute atomic E-state index is 13.6. The fourth-order valence-electron chi connectivity index (χ4n) is 4.45. The van der Waals surface area contributed by atoms with Gasteiger partial charge in [0.15, 0.2) is 11.5 Å². The molecule has 2 aromatic rings. The Morgan fingerprint density at radius 3 is 2.30 bits per heavy atom. The van der Waals surface area contributed by atoms with Gasteiger partial charge < -0.3 is 20.1 Å².